The van der Waals surface area contributed by atoms with Crippen molar-refractivity contribution in [1.29, 1.82) is 0 Å². The summed E-state index contributed by atoms with van der Waals surface area (Å²) in [6, 6.07) is 9.44. The average Bonchev–Trinajstić information content (AvgIpc) is 3.11. The molecule has 3 heterocycles. The number of aromatic nitrogens is 5. The number of benzene rings is 1. The predicted molar refractivity (Wildman–Crippen MR) is 96.3 cm³/mol. The van der Waals surface area contributed by atoms with Gasteiger partial charge in [-0.3, -0.25) is 4.98 Å². The Morgan fingerprint density at radius 1 is 1.15 bits per heavy atom. The zero-order chi connectivity index (χ0) is 19.0. The molecule has 9 heteroatoms. The molecule has 134 valence electrons. The number of aromatic carboxylic acids is 1. The highest BCUT2D eigenvalue weighted by Gasteiger charge is 2.20. The number of H-pyrrole nitrogens is 1. The Labute approximate surface area is 152 Å². The van der Waals surface area contributed by atoms with Crippen LogP contribution in [-0.4, -0.2) is 43.0 Å². The van der Waals surface area contributed by atoms with Crippen LogP contribution >= 0.6 is 0 Å². The van der Waals surface area contributed by atoms with E-state index in [-0.39, 0.29) is 22.9 Å². The van der Waals surface area contributed by atoms with E-state index in [1.165, 1.54) is 12.1 Å². The fraction of sp³-hybridized carbons (Fsp3) is 0.0556. The van der Waals surface area contributed by atoms with Gasteiger partial charge in [0.15, 0.2) is 17.1 Å². The third kappa shape index (κ3) is 3.06. The molecule has 4 rings (SSSR count). The summed E-state index contributed by atoms with van der Waals surface area (Å²) in [5.74, 6) is -1.39. The number of nitrogens with zero attached hydrogens (tertiary/aromatic N) is 5. The molecule has 3 aromatic heterocycles. The highest BCUT2D eigenvalue weighted by molar-refractivity contribution is 5.89. The fourth-order valence-electron chi connectivity index (χ4n) is 2.64. The van der Waals surface area contributed by atoms with Crippen molar-refractivity contribution in [2.45, 2.75) is 0 Å². The number of aromatic amines is 1. The topological polar surface area (TPSA) is 108 Å². The van der Waals surface area contributed by atoms with Gasteiger partial charge in [0, 0.05) is 18.8 Å². The van der Waals surface area contributed by atoms with E-state index < -0.39 is 5.97 Å². The van der Waals surface area contributed by atoms with Crippen LogP contribution in [0.4, 0.5) is 15.9 Å². The first-order chi connectivity index (χ1) is 13.0. The Morgan fingerprint density at radius 3 is 2.59 bits per heavy atom. The summed E-state index contributed by atoms with van der Waals surface area (Å²) in [4.78, 5) is 32.6. The van der Waals surface area contributed by atoms with E-state index in [1.54, 1.807) is 42.5 Å². The molecule has 27 heavy (non-hydrogen) atoms. The van der Waals surface area contributed by atoms with Gasteiger partial charge in [0.2, 0.25) is 5.82 Å². The molecule has 0 saturated heterocycles. The van der Waals surface area contributed by atoms with Crippen molar-refractivity contribution in [3.8, 4) is 11.3 Å². The van der Waals surface area contributed by atoms with Crippen LogP contribution in [0.5, 0.6) is 0 Å². The van der Waals surface area contributed by atoms with Gasteiger partial charge >= 0.3 is 5.97 Å². The number of hydrogen-bond acceptors (Lipinski definition) is 6. The van der Waals surface area contributed by atoms with E-state index in [4.69, 9.17) is 5.11 Å². The minimum atomic E-state index is -1.21. The van der Waals surface area contributed by atoms with E-state index in [9.17, 15) is 9.18 Å². The largest absolute Gasteiger partial charge is 0.475 e. The maximum Gasteiger partial charge on any atom is 0.372 e. The van der Waals surface area contributed by atoms with Crippen LogP contribution in [0.2, 0.25) is 0 Å². The lowest BCUT2D eigenvalue weighted by Gasteiger charge is -2.20. The van der Waals surface area contributed by atoms with Crippen molar-refractivity contribution >= 4 is 28.8 Å². The monoisotopic (exact) mass is 364 g/mol. The molecular formula is C18H13FN6O2. The maximum absolute atomic E-state index is 13.3. The molecule has 0 atom stereocenters. The molecule has 8 nitrogen and oxygen atoms in total. The van der Waals surface area contributed by atoms with Gasteiger partial charge in [0.25, 0.3) is 0 Å². The number of fused-ring (bicyclic) bond motifs is 1. The lowest BCUT2D eigenvalue weighted by Crippen LogP contribution is -2.13. The molecule has 1 aromatic carbocycles. The number of carboxylic acids is 1. The first-order valence-electron chi connectivity index (χ1n) is 7.93. The number of carboxylic acid groups (broad SMARTS) is 1. The molecule has 0 saturated carbocycles. The van der Waals surface area contributed by atoms with Gasteiger partial charge in [0.05, 0.1) is 11.9 Å². The second-order valence-corrected chi connectivity index (χ2v) is 5.74. The van der Waals surface area contributed by atoms with Gasteiger partial charge in [-0.05, 0) is 36.4 Å². The number of rotatable bonds is 4. The van der Waals surface area contributed by atoms with Gasteiger partial charge in [-0.2, -0.15) is 0 Å². The first-order valence-corrected chi connectivity index (χ1v) is 7.93. The molecule has 0 unspecified atom stereocenters. The molecule has 0 amide bonds. The van der Waals surface area contributed by atoms with Crippen molar-refractivity contribution in [3.63, 3.8) is 0 Å². The van der Waals surface area contributed by atoms with Crippen LogP contribution in [0.15, 0.2) is 48.8 Å². The van der Waals surface area contributed by atoms with Gasteiger partial charge < -0.3 is 15.0 Å². The Kier molecular flexibility index (Phi) is 3.96. The molecule has 0 aliphatic rings. The lowest BCUT2D eigenvalue weighted by molar-refractivity contribution is 0.0685. The highest BCUT2D eigenvalue weighted by Crippen LogP contribution is 2.32. The summed E-state index contributed by atoms with van der Waals surface area (Å²) in [5, 5.41) is 9.15. The van der Waals surface area contributed by atoms with E-state index in [1.807, 2.05) is 6.07 Å². The first kappa shape index (κ1) is 16.6. The average molecular weight is 364 g/mol. The second kappa shape index (κ2) is 6.45. The molecule has 0 radical (unpaired) electrons. The highest BCUT2D eigenvalue weighted by atomic mass is 19.1. The van der Waals surface area contributed by atoms with Crippen LogP contribution in [0.1, 0.15) is 10.6 Å². The van der Waals surface area contributed by atoms with Crippen LogP contribution < -0.4 is 4.90 Å². The molecular weight excluding hydrogens is 351 g/mol. The summed E-state index contributed by atoms with van der Waals surface area (Å²) >= 11 is 0. The minimum Gasteiger partial charge on any atom is -0.475 e. The fourth-order valence-corrected chi connectivity index (χ4v) is 2.64. The third-order valence-corrected chi connectivity index (χ3v) is 3.98. The van der Waals surface area contributed by atoms with E-state index in [0.717, 1.165) is 5.69 Å². The Bertz CT molecular complexity index is 1130. The van der Waals surface area contributed by atoms with Crippen molar-refractivity contribution < 1.29 is 14.3 Å². The van der Waals surface area contributed by atoms with Crippen LogP contribution in [0, 0.1) is 5.82 Å². The number of halogens is 1. The lowest BCUT2D eigenvalue weighted by atomic mass is 10.1. The summed E-state index contributed by atoms with van der Waals surface area (Å²) in [6.07, 6.45) is 3.32. The molecule has 0 spiro atoms. The van der Waals surface area contributed by atoms with Crippen molar-refractivity contribution in [2.24, 2.45) is 0 Å². The van der Waals surface area contributed by atoms with E-state index in [0.29, 0.717) is 17.1 Å². The molecule has 2 N–H and O–H groups in total. The van der Waals surface area contributed by atoms with Gasteiger partial charge in [0.1, 0.15) is 11.5 Å². The number of carbonyl (C=O) groups is 1. The van der Waals surface area contributed by atoms with Crippen LogP contribution in [0.3, 0.4) is 0 Å². The van der Waals surface area contributed by atoms with Gasteiger partial charge in [-0.15, -0.1) is 0 Å². The molecule has 0 fully saturated rings. The Balaban J connectivity index is 1.94. The molecule has 4 aromatic rings. The molecule has 0 aliphatic carbocycles. The van der Waals surface area contributed by atoms with Crippen LogP contribution in [-0.2, 0) is 0 Å². The molecule has 0 aliphatic heterocycles. The number of imidazole rings is 1. The van der Waals surface area contributed by atoms with E-state index in [2.05, 4.69) is 24.9 Å². The maximum atomic E-state index is 13.3. The summed E-state index contributed by atoms with van der Waals surface area (Å²) in [7, 11) is 1.79. The number of anilines is 2. The molecule has 0 bridgehead atoms. The Hall–Kier alpha value is -3.88. The van der Waals surface area contributed by atoms with Gasteiger partial charge in [-0.1, -0.05) is 0 Å². The quantitative estimate of drug-likeness (QED) is 0.573. The predicted octanol–water partition coefficient (Wildman–Crippen LogP) is 3.02. The smallest absolute Gasteiger partial charge is 0.372 e. The van der Waals surface area contributed by atoms with Crippen molar-refractivity contribution in [3.05, 3.63) is 60.4 Å². The zero-order valence-electron chi connectivity index (χ0n) is 14.1. The van der Waals surface area contributed by atoms with E-state index >= 15 is 0 Å². The minimum absolute atomic E-state index is 0.162. The SMILES string of the molecule is CN(c1cccnc1)c1nc2[nH]c(C(=O)O)nc2nc1-c1ccc(F)cc1. The summed E-state index contributed by atoms with van der Waals surface area (Å²) in [5.41, 5.74) is 2.22. The number of hydrogen-bond donors (Lipinski definition) is 2. The number of nitrogens with one attached hydrogen (secondary N) is 1. The summed E-state index contributed by atoms with van der Waals surface area (Å²) < 4.78 is 13.3. The third-order valence-electron chi connectivity index (χ3n) is 3.98. The normalized spacial score (nSPS) is 10.9. The second-order valence-electron chi connectivity index (χ2n) is 5.74. The van der Waals surface area contributed by atoms with Crippen molar-refractivity contribution in [1.82, 2.24) is 24.9 Å². The van der Waals surface area contributed by atoms with Gasteiger partial charge in [-0.25, -0.2) is 24.1 Å². The van der Waals surface area contributed by atoms with Crippen LogP contribution in [0.25, 0.3) is 22.6 Å². The number of pyridine rings is 1. The standard InChI is InChI=1S/C18H13FN6O2/c1-25(12-3-2-8-20-9-12)17-13(10-4-6-11(19)7-5-10)21-14-15(24-17)23-16(22-14)18(26)27/h2-9H,1H3,(H,26,27)(H,21,22,23,24). The Morgan fingerprint density at radius 2 is 1.93 bits per heavy atom. The summed E-state index contributed by atoms with van der Waals surface area (Å²) in [6.45, 7) is 0. The van der Waals surface area contributed by atoms with Crippen molar-refractivity contribution in [2.75, 3.05) is 11.9 Å². The zero-order valence-corrected chi connectivity index (χ0v) is 14.1.